The smallest absolute Gasteiger partial charge is 0.279 e. The molecule has 0 radical (unpaired) electrons. The monoisotopic (exact) mass is 422 g/mol. The first kappa shape index (κ1) is 22.7. The molecule has 2 aromatic rings. The standard InChI is InChI=1S/C20H27N3O5S/c1-14(18-12-16(27-4)9-10-19(18)28-5)21-13-20(24)22-15-7-6-8-17(11-15)29(25,26)23(2)3/h6-12,14,21H,13H2,1-5H3,(H,22,24)/p+1/t14-/m0/s1. The summed E-state index contributed by atoms with van der Waals surface area (Å²) in [5.41, 5.74) is 1.34. The Balaban J connectivity index is 2.04. The molecule has 29 heavy (non-hydrogen) atoms. The molecular formula is C20H28N3O5S+. The van der Waals surface area contributed by atoms with Crippen LogP contribution in [0.3, 0.4) is 0 Å². The maximum atomic E-state index is 12.4. The minimum absolute atomic E-state index is 0.0498. The summed E-state index contributed by atoms with van der Waals surface area (Å²) >= 11 is 0. The maximum absolute atomic E-state index is 12.4. The zero-order chi connectivity index (χ0) is 21.6. The third kappa shape index (κ3) is 5.69. The lowest BCUT2D eigenvalue weighted by atomic mass is 10.1. The minimum Gasteiger partial charge on any atom is -0.497 e. The number of sulfonamides is 1. The zero-order valence-electron chi connectivity index (χ0n) is 17.3. The summed E-state index contributed by atoms with van der Waals surface area (Å²) in [7, 11) is 2.55. The number of amides is 1. The van der Waals surface area contributed by atoms with Crippen LogP contribution >= 0.6 is 0 Å². The Morgan fingerprint density at radius 2 is 1.86 bits per heavy atom. The fourth-order valence-corrected chi connectivity index (χ4v) is 3.71. The van der Waals surface area contributed by atoms with E-state index in [9.17, 15) is 13.2 Å². The largest absolute Gasteiger partial charge is 0.497 e. The number of hydrogen-bond donors (Lipinski definition) is 2. The number of nitrogens with one attached hydrogen (secondary N) is 1. The highest BCUT2D eigenvalue weighted by Crippen LogP contribution is 2.27. The molecule has 8 nitrogen and oxygen atoms in total. The Labute approximate surface area is 171 Å². The molecule has 0 aliphatic rings. The van der Waals surface area contributed by atoms with Crippen molar-refractivity contribution in [1.29, 1.82) is 0 Å². The molecule has 0 spiro atoms. The third-order valence-corrected chi connectivity index (χ3v) is 6.29. The number of carbonyl (C=O) groups excluding carboxylic acids is 1. The van der Waals surface area contributed by atoms with E-state index in [0.717, 1.165) is 15.6 Å². The van der Waals surface area contributed by atoms with Gasteiger partial charge in [0.1, 0.15) is 17.5 Å². The quantitative estimate of drug-likeness (QED) is 0.633. The number of carbonyl (C=O) groups is 1. The number of methoxy groups -OCH3 is 2. The molecule has 0 aliphatic carbocycles. The molecule has 1 atom stereocenters. The van der Waals surface area contributed by atoms with Gasteiger partial charge >= 0.3 is 0 Å². The molecule has 158 valence electrons. The summed E-state index contributed by atoms with van der Waals surface area (Å²) in [6.07, 6.45) is 0. The second-order valence-electron chi connectivity index (χ2n) is 6.70. The SMILES string of the molecule is COc1ccc(OC)c([C@H](C)[NH2+]CC(=O)Nc2cccc(S(=O)(=O)N(C)C)c2)c1. The molecule has 0 fully saturated rings. The topological polar surface area (TPSA) is 102 Å². The van der Waals surface area contributed by atoms with E-state index < -0.39 is 10.0 Å². The molecule has 0 heterocycles. The minimum atomic E-state index is -3.56. The van der Waals surface area contributed by atoms with Crippen molar-refractivity contribution < 1.29 is 28.0 Å². The zero-order valence-corrected chi connectivity index (χ0v) is 18.1. The van der Waals surface area contributed by atoms with Crippen LogP contribution in [-0.2, 0) is 14.8 Å². The van der Waals surface area contributed by atoms with Crippen LogP contribution in [0.2, 0.25) is 0 Å². The number of rotatable bonds is 9. The number of ether oxygens (including phenoxy) is 2. The van der Waals surface area contributed by atoms with Gasteiger partial charge in [-0.15, -0.1) is 0 Å². The van der Waals surface area contributed by atoms with Gasteiger partial charge in [0, 0.05) is 19.8 Å². The van der Waals surface area contributed by atoms with E-state index in [4.69, 9.17) is 9.47 Å². The molecule has 2 aromatic carbocycles. The van der Waals surface area contributed by atoms with Crippen LogP contribution in [-0.4, -0.2) is 53.5 Å². The first-order chi connectivity index (χ1) is 13.7. The highest BCUT2D eigenvalue weighted by molar-refractivity contribution is 7.89. The van der Waals surface area contributed by atoms with Gasteiger partial charge in [-0.05, 0) is 43.3 Å². The van der Waals surface area contributed by atoms with Crippen LogP contribution < -0.4 is 20.1 Å². The molecule has 0 bridgehead atoms. The van der Waals surface area contributed by atoms with E-state index in [2.05, 4.69) is 5.32 Å². The van der Waals surface area contributed by atoms with E-state index in [1.165, 1.54) is 26.2 Å². The van der Waals surface area contributed by atoms with Gasteiger partial charge in [0.05, 0.1) is 24.7 Å². The van der Waals surface area contributed by atoms with E-state index in [1.54, 1.807) is 26.4 Å². The van der Waals surface area contributed by atoms with E-state index >= 15 is 0 Å². The molecule has 0 saturated heterocycles. The number of benzene rings is 2. The van der Waals surface area contributed by atoms with Gasteiger partial charge in [-0.25, -0.2) is 12.7 Å². The van der Waals surface area contributed by atoms with Crippen molar-refractivity contribution >= 4 is 21.6 Å². The van der Waals surface area contributed by atoms with E-state index in [1.807, 2.05) is 30.4 Å². The van der Waals surface area contributed by atoms with Crippen molar-refractivity contribution in [2.24, 2.45) is 0 Å². The van der Waals surface area contributed by atoms with Gasteiger partial charge < -0.3 is 20.1 Å². The third-order valence-electron chi connectivity index (χ3n) is 4.48. The van der Waals surface area contributed by atoms with Crippen molar-refractivity contribution in [1.82, 2.24) is 4.31 Å². The fourth-order valence-electron chi connectivity index (χ4n) is 2.76. The van der Waals surface area contributed by atoms with Crippen molar-refractivity contribution in [3.63, 3.8) is 0 Å². The normalized spacial score (nSPS) is 12.5. The van der Waals surface area contributed by atoms with Crippen LogP contribution in [0.1, 0.15) is 18.5 Å². The van der Waals surface area contributed by atoms with Crippen molar-refractivity contribution in [3.05, 3.63) is 48.0 Å². The number of hydrogen-bond acceptors (Lipinski definition) is 5. The lowest BCUT2D eigenvalue weighted by Crippen LogP contribution is -2.86. The van der Waals surface area contributed by atoms with Crippen LogP contribution in [0.15, 0.2) is 47.4 Å². The second kappa shape index (κ2) is 9.73. The summed E-state index contributed by atoms with van der Waals surface area (Å²) < 4.78 is 36.3. The van der Waals surface area contributed by atoms with Gasteiger partial charge in [-0.1, -0.05) is 6.07 Å². The molecular weight excluding hydrogens is 394 g/mol. The van der Waals surface area contributed by atoms with Gasteiger partial charge in [0.2, 0.25) is 10.0 Å². The van der Waals surface area contributed by atoms with Crippen molar-refractivity contribution in [2.45, 2.75) is 17.9 Å². The predicted molar refractivity (Wildman–Crippen MR) is 111 cm³/mol. The van der Waals surface area contributed by atoms with Crippen molar-refractivity contribution in [2.75, 3.05) is 40.2 Å². The first-order valence-corrected chi connectivity index (χ1v) is 10.5. The lowest BCUT2D eigenvalue weighted by molar-refractivity contribution is -0.682. The van der Waals surface area contributed by atoms with Crippen LogP contribution in [0.5, 0.6) is 11.5 Å². The molecule has 0 saturated carbocycles. The van der Waals surface area contributed by atoms with E-state index in [0.29, 0.717) is 11.4 Å². The first-order valence-electron chi connectivity index (χ1n) is 9.06. The van der Waals surface area contributed by atoms with Crippen LogP contribution in [0, 0.1) is 0 Å². The average molecular weight is 423 g/mol. The molecule has 0 unspecified atom stereocenters. The van der Waals surface area contributed by atoms with Crippen LogP contribution in [0.25, 0.3) is 0 Å². The maximum Gasteiger partial charge on any atom is 0.279 e. The predicted octanol–water partition coefficient (Wildman–Crippen LogP) is 1.22. The Kier molecular flexibility index (Phi) is 7.60. The summed E-state index contributed by atoms with van der Waals surface area (Å²) in [6.45, 7) is 2.13. The fraction of sp³-hybridized carbons (Fsp3) is 0.350. The Bertz CT molecular complexity index is 960. The second-order valence-corrected chi connectivity index (χ2v) is 8.85. The number of nitrogens with two attached hydrogens (primary N) is 1. The molecule has 0 aromatic heterocycles. The van der Waals surface area contributed by atoms with Gasteiger partial charge in [0.15, 0.2) is 6.54 Å². The molecule has 0 aliphatic heterocycles. The summed E-state index contributed by atoms with van der Waals surface area (Å²) in [5, 5.41) is 4.61. The summed E-state index contributed by atoms with van der Waals surface area (Å²) in [6, 6.07) is 11.7. The molecule has 3 N–H and O–H groups in total. The lowest BCUT2D eigenvalue weighted by Gasteiger charge is -2.16. The molecule has 2 rings (SSSR count). The summed E-state index contributed by atoms with van der Waals surface area (Å²) in [4.78, 5) is 12.5. The average Bonchev–Trinajstić information content (AvgIpc) is 2.71. The van der Waals surface area contributed by atoms with Gasteiger partial charge in [-0.3, -0.25) is 4.79 Å². The highest BCUT2D eigenvalue weighted by Gasteiger charge is 2.19. The van der Waals surface area contributed by atoms with Gasteiger partial charge in [-0.2, -0.15) is 0 Å². The summed E-state index contributed by atoms with van der Waals surface area (Å²) in [5.74, 6) is 1.19. The number of quaternary nitrogens is 1. The Morgan fingerprint density at radius 3 is 2.48 bits per heavy atom. The van der Waals surface area contributed by atoms with E-state index in [-0.39, 0.29) is 23.4 Å². The Hall–Kier alpha value is -2.62. The molecule has 1 amide bonds. The number of nitrogens with zero attached hydrogens (tertiary/aromatic N) is 1. The van der Waals surface area contributed by atoms with Crippen molar-refractivity contribution in [3.8, 4) is 11.5 Å². The van der Waals surface area contributed by atoms with Crippen LogP contribution in [0.4, 0.5) is 5.69 Å². The molecule has 9 heteroatoms. The van der Waals surface area contributed by atoms with Gasteiger partial charge in [0.25, 0.3) is 5.91 Å². The highest BCUT2D eigenvalue weighted by atomic mass is 32.2. The number of anilines is 1. The Morgan fingerprint density at radius 1 is 1.14 bits per heavy atom.